The fourth-order valence-corrected chi connectivity index (χ4v) is 2.18. The van der Waals surface area contributed by atoms with E-state index in [9.17, 15) is 0 Å². The van der Waals surface area contributed by atoms with Crippen molar-refractivity contribution in [1.82, 2.24) is 9.97 Å². The lowest BCUT2D eigenvalue weighted by atomic mass is 9.95. The maximum atomic E-state index is 7.44. The van der Waals surface area contributed by atoms with Gasteiger partial charge in [-0.15, -0.1) is 0 Å². The molecule has 2 atom stereocenters. The molecule has 0 bridgehead atoms. The summed E-state index contributed by atoms with van der Waals surface area (Å²) in [6.45, 7) is 0. The molecule has 2 rings (SSSR count). The van der Waals surface area contributed by atoms with Gasteiger partial charge in [0.15, 0.2) is 5.69 Å². The first kappa shape index (κ1) is 12.8. The highest BCUT2D eigenvalue weighted by Gasteiger charge is 2.24. The van der Waals surface area contributed by atoms with E-state index in [0.29, 0.717) is 11.6 Å². The monoisotopic (exact) mass is 250 g/mol. The Morgan fingerprint density at radius 1 is 1.33 bits per heavy atom. The standard InChI is InChI=1S/C12H18N4O2/c1-17-8-3-2-4-9(7-8)18-12-10(11(13)14)15-5-6-16-12/h5-6,8-9H,2-4,7H2,1H3,(H3,13,14). The van der Waals surface area contributed by atoms with Gasteiger partial charge in [0.05, 0.1) is 6.10 Å². The van der Waals surface area contributed by atoms with Crippen molar-refractivity contribution in [1.29, 1.82) is 5.41 Å². The molecule has 0 aromatic carbocycles. The van der Waals surface area contributed by atoms with Crippen LogP contribution in [0.3, 0.4) is 0 Å². The number of hydrogen-bond acceptors (Lipinski definition) is 5. The van der Waals surface area contributed by atoms with Crippen molar-refractivity contribution >= 4 is 5.84 Å². The van der Waals surface area contributed by atoms with Crippen LogP contribution in [-0.2, 0) is 4.74 Å². The molecule has 0 radical (unpaired) electrons. The smallest absolute Gasteiger partial charge is 0.244 e. The summed E-state index contributed by atoms with van der Waals surface area (Å²) >= 11 is 0. The van der Waals surface area contributed by atoms with Crippen molar-refractivity contribution in [2.24, 2.45) is 5.73 Å². The van der Waals surface area contributed by atoms with Crippen LogP contribution in [0.4, 0.5) is 0 Å². The Morgan fingerprint density at radius 3 is 2.78 bits per heavy atom. The van der Waals surface area contributed by atoms with Crippen LogP contribution >= 0.6 is 0 Å². The number of methoxy groups -OCH3 is 1. The van der Waals surface area contributed by atoms with E-state index < -0.39 is 0 Å². The van der Waals surface area contributed by atoms with Crippen LogP contribution in [-0.4, -0.2) is 35.1 Å². The van der Waals surface area contributed by atoms with Crippen molar-refractivity contribution in [3.63, 3.8) is 0 Å². The minimum absolute atomic E-state index is 0.0542. The lowest BCUT2D eigenvalue weighted by Gasteiger charge is -2.28. The molecule has 6 heteroatoms. The summed E-state index contributed by atoms with van der Waals surface area (Å²) in [5.74, 6) is 0.212. The largest absolute Gasteiger partial charge is 0.473 e. The molecule has 18 heavy (non-hydrogen) atoms. The molecule has 1 saturated carbocycles. The highest BCUT2D eigenvalue weighted by molar-refractivity contribution is 5.94. The Balaban J connectivity index is 2.07. The average molecular weight is 250 g/mol. The van der Waals surface area contributed by atoms with Gasteiger partial charge in [-0.25, -0.2) is 9.97 Å². The molecule has 1 aromatic rings. The molecule has 3 N–H and O–H groups in total. The Bertz CT molecular complexity index is 424. The predicted molar refractivity (Wildman–Crippen MR) is 66.7 cm³/mol. The number of amidine groups is 1. The van der Waals surface area contributed by atoms with Gasteiger partial charge in [0.25, 0.3) is 0 Å². The predicted octanol–water partition coefficient (Wildman–Crippen LogP) is 1.10. The summed E-state index contributed by atoms with van der Waals surface area (Å²) in [7, 11) is 1.72. The summed E-state index contributed by atoms with van der Waals surface area (Å²) < 4.78 is 11.2. The van der Waals surface area contributed by atoms with Gasteiger partial charge >= 0.3 is 0 Å². The molecule has 1 aromatic heterocycles. The maximum absolute atomic E-state index is 7.44. The van der Waals surface area contributed by atoms with E-state index in [0.717, 1.165) is 25.7 Å². The third-order valence-electron chi connectivity index (χ3n) is 3.11. The van der Waals surface area contributed by atoms with Crippen molar-refractivity contribution in [2.45, 2.75) is 37.9 Å². The molecule has 1 aliphatic carbocycles. The average Bonchev–Trinajstić information content (AvgIpc) is 2.39. The normalized spacial score (nSPS) is 23.6. The van der Waals surface area contributed by atoms with Gasteiger partial charge in [-0.1, -0.05) is 0 Å². The van der Waals surface area contributed by atoms with Gasteiger partial charge in [-0.05, 0) is 19.3 Å². The van der Waals surface area contributed by atoms with Gasteiger partial charge < -0.3 is 15.2 Å². The molecule has 6 nitrogen and oxygen atoms in total. The highest BCUT2D eigenvalue weighted by atomic mass is 16.5. The zero-order chi connectivity index (χ0) is 13.0. The first-order valence-electron chi connectivity index (χ1n) is 6.05. The number of nitrogens with two attached hydrogens (primary N) is 1. The van der Waals surface area contributed by atoms with Gasteiger partial charge in [-0.2, -0.15) is 0 Å². The van der Waals surface area contributed by atoms with Crippen LogP contribution in [0.25, 0.3) is 0 Å². The van der Waals surface area contributed by atoms with E-state index in [1.807, 2.05) is 0 Å². The van der Waals surface area contributed by atoms with E-state index in [1.54, 1.807) is 13.3 Å². The molecule has 1 heterocycles. The minimum Gasteiger partial charge on any atom is -0.473 e. The molecule has 0 saturated heterocycles. The molecule has 0 aliphatic heterocycles. The van der Waals surface area contributed by atoms with E-state index in [-0.39, 0.29) is 18.0 Å². The zero-order valence-electron chi connectivity index (χ0n) is 10.4. The molecule has 2 unspecified atom stereocenters. The second-order valence-corrected chi connectivity index (χ2v) is 4.39. The van der Waals surface area contributed by atoms with Gasteiger partial charge in [0.2, 0.25) is 5.88 Å². The first-order valence-corrected chi connectivity index (χ1v) is 6.05. The Labute approximate surface area is 106 Å². The number of nitrogen functional groups attached to an aromatic ring is 1. The zero-order valence-corrected chi connectivity index (χ0v) is 10.4. The first-order chi connectivity index (χ1) is 8.70. The van der Waals surface area contributed by atoms with E-state index in [2.05, 4.69) is 9.97 Å². The molecule has 98 valence electrons. The van der Waals surface area contributed by atoms with Crippen LogP contribution in [0.5, 0.6) is 5.88 Å². The SMILES string of the molecule is COC1CCCC(Oc2nccnc2C(=N)N)C1. The van der Waals surface area contributed by atoms with Crippen molar-refractivity contribution in [3.8, 4) is 5.88 Å². The van der Waals surface area contributed by atoms with Crippen LogP contribution in [0.2, 0.25) is 0 Å². The van der Waals surface area contributed by atoms with Crippen molar-refractivity contribution < 1.29 is 9.47 Å². The maximum Gasteiger partial charge on any atom is 0.244 e. The summed E-state index contributed by atoms with van der Waals surface area (Å²) in [4.78, 5) is 8.11. The van der Waals surface area contributed by atoms with Crippen molar-refractivity contribution in [2.75, 3.05) is 7.11 Å². The molecule has 0 spiro atoms. The number of rotatable bonds is 4. The third-order valence-corrected chi connectivity index (χ3v) is 3.11. The molecule has 0 amide bonds. The van der Waals surface area contributed by atoms with Gasteiger partial charge in [0.1, 0.15) is 11.9 Å². The van der Waals surface area contributed by atoms with Gasteiger partial charge in [-0.3, -0.25) is 5.41 Å². The van der Waals surface area contributed by atoms with Crippen LogP contribution < -0.4 is 10.5 Å². The Kier molecular flexibility index (Phi) is 4.09. The number of hydrogen-bond donors (Lipinski definition) is 2. The number of nitrogens with one attached hydrogen (secondary N) is 1. The molecule has 1 aliphatic rings. The summed E-state index contributed by atoms with van der Waals surface area (Å²) in [5.41, 5.74) is 5.75. The van der Waals surface area contributed by atoms with E-state index in [1.165, 1.54) is 6.20 Å². The minimum atomic E-state index is -0.128. The van der Waals surface area contributed by atoms with Crippen LogP contribution in [0.15, 0.2) is 12.4 Å². The molecular weight excluding hydrogens is 232 g/mol. The Morgan fingerprint density at radius 2 is 2.06 bits per heavy atom. The quantitative estimate of drug-likeness (QED) is 0.616. The topological polar surface area (TPSA) is 94.1 Å². The third kappa shape index (κ3) is 2.95. The van der Waals surface area contributed by atoms with Crippen molar-refractivity contribution in [3.05, 3.63) is 18.1 Å². The fourth-order valence-electron chi connectivity index (χ4n) is 2.18. The summed E-state index contributed by atoms with van der Waals surface area (Å²) in [6, 6.07) is 0. The van der Waals surface area contributed by atoms with E-state index >= 15 is 0 Å². The second-order valence-electron chi connectivity index (χ2n) is 4.39. The number of ether oxygens (including phenoxy) is 2. The van der Waals surface area contributed by atoms with Gasteiger partial charge in [0, 0.05) is 25.9 Å². The number of nitrogens with zero attached hydrogens (tertiary/aromatic N) is 2. The second kappa shape index (κ2) is 5.77. The fraction of sp³-hybridized carbons (Fsp3) is 0.583. The lowest BCUT2D eigenvalue weighted by Crippen LogP contribution is -2.30. The molecular formula is C12H18N4O2. The van der Waals surface area contributed by atoms with Crippen LogP contribution in [0, 0.1) is 5.41 Å². The highest BCUT2D eigenvalue weighted by Crippen LogP contribution is 2.25. The Hall–Kier alpha value is -1.69. The lowest BCUT2D eigenvalue weighted by molar-refractivity contribution is 0.0193. The van der Waals surface area contributed by atoms with Crippen LogP contribution in [0.1, 0.15) is 31.4 Å². The van der Waals surface area contributed by atoms with E-state index in [4.69, 9.17) is 20.6 Å². The molecule has 1 fully saturated rings. The summed E-state index contributed by atoms with van der Waals surface area (Å²) in [6.07, 6.45) is 7.27. The number of aromatic nitrogens is 2. The summed E-state index contributed by atoms with van der Waals surface area (Å²) in [5, 5.41) is 7.44.